The molecule has 0 atom stereocenters. The second-order valence-electron chi connectivity index (χ2n) is 10.4. The van der Waals surface area contributed by atoms with Crippen molar-refractivity contribution >= 4 is 34.7 Å². The Hall–Kier alpha value is -5.93. The second kappa shape index (κ2) is 13.6. The van der Waals surface area contributed by atoms with Gasteiger partial charge < -0.3 is 14.6 Å². The summed E-state index contributed by atoms with van der Waals surface area (Å²) in [5.41, 5.74) is 2.39. The molecule has 0 unspecified atom stereocenters. The maximum absolute atomic E-state index is 15.3. The van der Waals surface area contributed by atoms with Crippen molar-refractivity contribution in [3.05, 3.63) is 171 Å². The molecule has 0 saturated carbocycles. The Labute approximate surface area is 273 Å². The van der Waals surface area contributed by atoms with Crippen LogP contribution in [0.5, 0.6) is 11.5 Å². The topological polar surface area (TPSA) is 85.6 Å². The minimum Gasteiger partial charge on any atom is -0.453 e. The molecular formula is C37H25ClF2N4O3. The number of aliphatic imine (C=N–C) groups is 1. The smallest absolute Gasteiger partial charge is 0.261 e. The molecule has 2 aromatic heterocycles. The second-order valence-corrected chi connectivity index (χ2v) is 10.8. The molecule has 0 aliphatic carbocycles. The van der Waals surface area contributed by atoms with Crippen molar-refractivity contribution in [3.63, 3.8) is 0 Å². The van der Waals surface area contributed by atoms with Crippen LogP contribution in [0.1, 0.15) is 21.5 Å². The van der Waals surface area contributed by atoms with Crippen LogP contribution in [0.2, 0.25) is 5.02 Å². The number of hydrogen-bond acceptors (Lipinski definition) is 5. The van der Waals surface area contributed by atoms with Gasteiger partial charge in [0.15, 0.2) is 23.1 Å². The third-order valence-corrected chi connectivity index (χ3v) is 7.47. The molecular weight excluding hydrogens is 622 g/mol. The maximum atomic E-state index is 15.3. The van der Waals surface area contributed by atoms with Gasteiger partial charge in [0, 0.05) is 60.1 Å². The molecule has 2 heterocycles. The lowest BCUT2D eigenvalue weighted by Crippen LogP contribution is -2.24. The highest BCUT2D eigenvalue weighted by molar-refractivity contribution is 6.34. The predicted octanol–water partition coefficient (Wildman–Crippen LogP) is 8.59. The van der Waals surface area contributed by atoms with E-state index in [9.17, 15) is 14.0 Å². The first kappa shape index (κ1) is 31.1. The van der Waals surface area contributed by atoms with Gasteiger partial charge >= 0.3 is 0 Å². The number of hydrogen-bond donors (Lipinski definition) is 1. The SMILES string of the molecule is Cn1cc(C(=O)Nc2ccc(Oc3ccnc(N=C(c4ccccc4)c4ccccc4)c3Cl)c(F)c2)c(=O)c(-c2ccc(F)cc2)c1. The molecule has 6 aromatic rings. The van der Waals surface area contributed by atoms with Crippen LogP contribution < -0.4 is 15.5 Å². The highest BCUT2D eigenvalue weighted by atomic mass is 35.5. The van der Waals surface area contributed by atoms with E-state index < -0.39 is 23.0 Å². The van der Waals surface area contributed by atoms with Crippen molar-refractivity contribution in [2.24, 2.45) is 12.0 Å². The molecule has 0 bridgehead atoms. The molecule has 6 rings (SSSR count). The Morgan fingerprint density at radius 2 is 1.51 bits per heavy atom. The molecule has 47 heavy (non-hydrogen) atoms. The molecule has 0 aliphatic heterocycles. The Morgan fingerprint density at radius 3 is 2.15 bits per heavy atom. The zero-order valence-electron chi connectivity index (χ0n) is 24.8. The van der Waals surface area contributed by atoms with Crippen LogP contribution in [0.15, 0.2) is 138 Å². The monoisotopic (exact) mass is 646 g/mol. The first-order valence-electron chi connectivity index (χ1n) is 14.4. The predicted molar refractivity (Wildman–Crippen MR) is 179 cm³/mol. The van der Waals surface area contributed by atoms with E-state index in [1.807, 2.05) is 60.7 Å². The number of pyridine rings is 2. The number of amides is 1. The number of carbonyl (C=O) groups is 1. The van der Waals surface area contributed by atoms with E-state index in [1.165, 1.54) is 54.9 Å². The number of halogens is 3. The van der Waals surface area contributed by atoms with E-state index in [4.69, 9.17) is 21.3 Å². The average Bonchev–Trinajstić information content (AvgIpc) is 3.08. The number of nitrogens with one attached hydrogen (secondary N) is 1. The molecule has 0 fully saturated rings. The molecule has 1 N–H and O–H groups in total. The van der Waals surface area contributed by atoms with E-state index >= 15 is 4.39 Å². The summed E-state index contributed by atoms with van der Waals surface area (Å²) in [6.07, 6.45) is 4.37. The van der Waals surface area contributed by atoms with Crippen molar-refractivity contribution in [1.29, 1.82) is 0 Å². The molecule has 0 aliphatic rings. The van der Waals surface area contributed by atoms with Crippen LogP contribution in [0.4, 0.5) is 20.3 Å². The van der Waals surface area contributed by atoms with E-state index in [0.29, 0.717) is 11.3 Å². The van der Waals surface area contributed by atoms with Gasteiger partial charge in [0.2, 0.25) is 5.43 Å². The van der Waals surface area contributed by atoms with E-state index in [-0.39, 0.29) is 39.2 Å². The molecule has 4 aromatic carbocycles. The molecule has 7 nitrogen and oxygen atoms in total. The number of carbonyl (C=O) groups excluding carboxylic acids is 1. The Kier molecular flexibility index (Phi) is 8.99. The van der Waals surface area contributed by atoms with Gasteiger partial charge in [0.25, 0.3) is 5.91 Å². The third-order valence-electron chi connectivity index (χ3n) is 7.11. The third kappa shape index (κ3) is 7.00. The number of aryl methyl sites for hydroxylation is 1. The van der Waals surface area contributed by atoms with E-state index in [2.05, 4.69) is 10.3 Å². The Morgan fingerprint density at radius 1 is 0.851 bits per heavy atom. The zero-order valence-corrected chi connectivity index (χ0v) is 25.6. The lowest BCUT2D eigenvalue weighted by Gasteiger charge is -2.13. The lowest BCUT2D eigenvalue weighted by molar-refractivity contribution is 0.102. The van der Waals surface area contributed by atoms with Gasteiger partial charge in [-0.25, -0.2) is 18.8 Å². The molecule has 1 amide bonds. The molecule has 232 valence electrons. The fraction of sp³-hybridized carbons (Fsp3) is 0.0270. The van der Waals surface area contributed by atoms with Crippen molar-refractivity contribution in [2.45, 2.75) is 0 Å². The van der Waals surface area contributed by atoms with E-state index in [1.54, 1.807) is 17.8 Å². The average molecular weight is 647 g/mol. The minimum atomic E-state index is -0.789. The highest BCUT2D eigenvalue weighted by Crippen LogP contribution is 2.37. The first-order chi connectivity index (χ1) is 22.8. The van der Waals surface area contributed by atoms with Gasteiger partial charge in [0.1, 0.15) is 16.4 Å². The van der Waals surface area contributed by atoms with Crippen molar-refractivity contribution in [1.82, 2.24) is 9.55 Å². The molecule has 0 radical (unpaired) electrons. The fourth-order valence-electron chi connectivity index (χ4n) is 4.85. The summed E-state index contributed by atoms with van der Waals surface area (Å²) < 4.78 is 36.1. The van der Waals surface area contributed by atoms with Crippen LogP contribution in [0.3, 0.4) is 0 Å². The zero-order chi connectivity index (χ0) is 32.9. The first-order valence-corrected chi connectivity index (χ1v) is 14.7. The summed E-state index contributed by atoms with van der Waals surface area (Å²) in [6, 6.07) is 29.8. The molecule has 10 heteroatoms. The standard InChI is InChI=1S/C37H25ClF2N4O3/c1-44-21-28(23-12-14-26(39)15-13-23)35(45)29(22-44)37(46)42-27-16-17-31(30(40)20-27)47-32-18-19-41-36(33(32)38)43-34(24-8-4-2-5-9-24)25-10-6-3-7-11-25/h2-22H,1H3,(H,42,46). The molecule has 0 spiro atoms. The number of aromatic nitrogens is 2. The number of anilines is 1. The Balaban J connectivity index is 1.24. The normalized spacial score (nSPS) is 10.7. The van der Waals surface area contributed by atoms with Crippen LogP contribution >= 0.6 is 11.6 Å². The van der Waals surface area contributed by atoms with Gasteiger partial charge in [-0.15, -0.1) is 0 Å². The van der Waals surface area contributed by atoms with Crippen LogP contribution in [0, 0.1) is 11.6 Å². The van der Waals surface area contributed by atoms with Crippen LogP contribution in [0.25, 0.3) is 11.1 Å². The van der Waals surface area contributed by atoms with Crippen molar-refractivity contribution in [3.8, 4) is 22.6 Å². The van der Waals surface area contributed by atoms with Crippen LogP contribution in [-0.4, -0.2) is 21.2 Å². The van der Waals surface area contributed by atoms with Gasteiger partial charge in [-0.05, 0) is 29.8 Å². The fourth-order valence-corrected chi connectivity index (χ4v) is 5.04. The summed E-state index contributed by atoms with van der Waals surface area (Å²) in [4.78, 5) is 35.4. The van der Waals surface area contributed by atoms with Gasteiger partial charge in [-0.1, -0.05) is 84.4 Å². The summed E-state index contributed by atoms with van der Waals surface area (Å²) >= 11 is 6.67. The largest absolute Gasteiger partial charge is 0.453 e. The molecule has 0 saturated heterocycles. The number of nitrogens with zero attached hydrogens (tertiary/aromatic N) is 3. The summed E-state index contributed by atoms with van der Waals surface area (Å²) in [7, 11) is 1.65. The number of benzene rings is 4. The van der Waals surface area contributed by atoms with Gasteiger partial charge in [0.05, 0.1) is 5.71 Å². The van der Waals surface area contributed by atoms with E-state index in [0.717, 1.165) is 17.2 Å². The summed E-state index contributed by atoms with van der Waals surface area (Å²) in [6.45, 7) is 0. The van der Waals surface area contributed by atoms with Crippen molar-refractivity contribution in [2.75, 3.05) is 5.32 Å². The number of ether oxygens (including phenoxy) is 1. The Bertz CT molecular complexity index is 2130. The van der Waals surface area contributed by atoms with Gasteiger partial charge in [-0.2, -0.15) is 0 Å². The lowest BCUT2D eigenvalue weighted by atomic mass is 10.0. The van der Waals surface area contributed by atoms with Crippen molar-refractivity contribution < 1.29 is 18.3 Å². The van der Waals surface area contributed by atoms with Gasteiger partial charge in [-0.3, -0.25) is 9.59 Å². The minimum absolute atomic E-state index is 0.0746. The summed E-state index contributed by atoms with van der Waals surface area (Å²) in [5, 5.41) is 2.63. The maximum Gasteiger partial charge on any atom is 0.261 e. The summed E-state index contributed by atoms with van der Waals surface area (Å²) in [5.74, 6) is -1.84. The quantitative estimate of drug-likeness (QED) is 0.168. The number of rotatable bonds is 8. The van der Waals surface area contributed by atoms with Crippen LogP contribution in [-0.2, 0) is 7.05 Å². The highest BCUT2D eigenvalue weighted by Gasteiger charge is 2.18.